The summed E-state index contributed by atoms with van der Waals surface area (Å²) in [5, 5.41) is 38.6. The van der Waals surface area contributed by atoms with E-state index in [4.69, 9.17) is 22.3 Å². The number of benzene rings is 1. The summed E-state index contributed by atoms with van der Waals surface area (Å²) in [6.45, 7) is 9.06. The SMILES string of the molecule is CSCC[C@H](NC(=O)[C@@H](NC(=O)[C@H](C)NC(=O)[C@H](Cc1ccccc1)NC(=O)[C@H](C)NC(=O)[C@@H](N)CCC(N)=O)C(C)C)C(=O)N1CCC[C@H]1C(=O)N[C@@H](CC(N)=O)C(=O)N[C@H](C(=O)N[C@@H](CCC(=O)O)C(=O)O)C(C)C. The van der Waals surface area contributed by atoms with Gasteiger partial charge in [0.2, 0.25) is 65.0 Å². The van der Waals surface area contributed by atoms with E-state index in [9.17, 15) is 67.4 Å². The normalized spacial score (nSPS) is 16.6. The van der Waals surface area contributed by atoms with Crippen LogP contribution in [0.15, 0.2) is 30.3 Å². The van der Waals surface area contributed by atoms with Crippen LogP contribution in [0, 0.1) is 11.8 Å². The number of thioether (sulfide) groups is 1. The smallest absolute Gasteiger partial charge is 0.326 e. The van der Waals surface area contributed by atoms with Crippen LogP contribution in [0.2, 0.25) is 0 Å². The first-order chi connectivity index (χ1) is 36.1. The first-order valence-electron chi connectivity index (χ1n) is 25.1. The molecule has 11 amide bonds. The molecule has 1 aliphatic heterocycles. The zero-order valence-electron chi connectivity index (χ0n) is 44.4. The first kappa shape index (κ1) is 65.8. The molecule has 0 aromatic heterocycles. The lowest BCUT2D eigenvalue weighted by molar-refractivity contribution is -0.144. The second kappa shape index (κ2) is 32.3. The van der Waals surface area contributed by atoms with Crippen LogP contribution < -0.4 is 59.7 Å². The van der Waals surface area contributed by atoms with E-state index in [1.165, 1.54) is 44.4 Å². The van der Waals surface area contributed by atoms with Crippen LogP contribution >= 0.6 is 11.8 Å². The van der Waals surface area contributed by atoms with E-state index in [0.717, 1.165) is 0 Å². The second-order valence-corrected chi connectivity index (χ2v) is 20.4. The highest BCUT2D eigenvalue weighted by atomic mass is 32.2. The summed E-state index contributed by atoms with van der Waals surface area (Å²) >= 11 is 1.36. The highest BCUT2D eigenvalue weighted by Gasteiger charge is 2.41. The van der Waals surface area contributed by atoms with E-state index < -0.39 is 168 Å². The Bertz CT molecular complexity index is 2290. The fourth-order valence-corrected chi connectivity index (χ4v) is 8.35. The molecule has 1 fully saturated rings. The molecule has 1 aromatic rings. The van der Waals surface area contributed by atoms with Crippen LogP contribution in [0.3, 0.4) is 0 Å². The van der Waals surface area contributed by atoms with E-state index in [0.29, 0.717) is 17.7 Å². The lowest BCUT2D eigenvalue weighted by Crippen LogP contribution is -2.61. The summed E-state index contributed by atoms with van der Waals surface area (Å²) in [6, 6.07) is -4.71. The van der Waals surface area contributed by atoms with Gasteiger partial charge in [0.25, 0.3) is 0 Å². The predicted octanol–water partition coefficient (Wildman–Crippen LogP) is -3.38. The lowest BCUT2D eigenvalue weighted by atomic mass is 10.0. The van der Waals surface area contributed by atoms with Crippen LogP contribution in [0.1, 0.15) is 98.5 Å². The van der Waals surface area contributed by atoms with Crippen molar-refractivity contribution in [2.24, 2.45) is 29.0 Å². The molecule has 10 atom stereocenters. The Kier molecular flexibility index (Phi) is 27.6. The van der Waals surface area contributed by atoms with Crippen molar-refractivity contribution in [2.45, 2.75) is 160 Å². The Hall–Kier alpha value is -7.36. The van der Waals surface area contributed by atoms with Gasteiger partial charge in [-0.25, -0.2) is 4.79 Å². The maximum atomic E-state index is 14.3. The summed E-state index contributed by atoms with van der Waals surface area (Å²) in [6.07, 6.45) is 0.218. The standard InChI is InChI=1S/C49H76N12O15S/c1-24(2)38(59-41(67)27(6)54-43(69)32(22-28-12-9-8-10-13-28)57-40(66)26(5)53-42(68)29(50)15-17-35(51)62)46(72)55-30(19-21-77-7)48(74)61-20-11-14-34(61)45(71)58-33(23-36(52)63)44(70)60-39(25(3)4)47(73)56-31(49(75)76)16-18-37(64)65/h8-10,12-13,24-27,29-34,38-39H,11,14-23,50H2,1-7H3,(H2,51,62)(H2,52,63)(H,53,68)(H,54,69)(H,55,72)(H,56,73)(H,57,66)(H,58,71)(H,59,67)(H,60,70)(H,64,65)(H,75,76)/t26-,27-,29-,30-,31-,32-,33-,34-,38-,39-/m0/s1. The number of carbonyl (C=O) groups excluding carboxylic acids is 11. The van der Waals surface area contributed by atoms with Gasteiger partial charge in [0.1, 0.15) is 54.4 Å². The van der Waals surface area contributed by atoms with Crippen LogP contribution in [-0.2, 0) is 68.7 Å². The monoisotopic (exact) mass is 1100 g/mol. The highest BCUT2D eigenvalue weighted by molar-refractivity contribution is 7.98. The Labute approximate surface area is 450 Å². The molecule has 27 nitrogen and oxygen atoms in total. The van der Waals surface area contributed by atoms with Gasteiger partial charge in [-0.1, -0.05) is 58.0 Å². The van der Waals surface area contributed by atoms with Gasteiger partial charge in [0, 0.05) is 25.8 Å². The quantitative estimate of drug-likeness (QED) is 0.0327. The number of nitrogens with one attached hydrogen (secondary N) is 8. The van der Waals surface area contributed by atoms with Gasteiger partial charge in [0.15, 0.2) is 0 Å². The van der Waals surface area contributed by atoms with Gasteiger partial charge in [-0.15, -0.1) is 0 Å². The van der Waals surface area contributed by atoms with E-state index in [1.807, 2.05) is 0 Å². The third-order valence-corrected chi connectivity index (χ3v) is 13.0. The predicted molar refractivity (Wildman–Crippen MR) is 279 cm³/mol. The zero-order valence-corrected chi connectivity index (χ0v) is 45.2. The Morgan fingerprint density at radius 1 is 0.597 bits per heavy atom. The highest BCUT2D eigenvalue weighted by Crippen LogP contribution is 2.21. The van der Waals surface area contributed by atoms with E-state index >= 15 is 0 Å². The van der Waals surface area contributed by atoms with Crippen molar-refractivity contribution >= 4 is 88.7 Å². The molecule has 0 unspecified atom stereocenters. The number of likely N-dealkylation sites (tertiary alicyclic amines) is 1. The summed E-state index contributed by atoms with van der Waals surface area (Å²) in [5.41, 5.74) is 17.0. The molecule has 1 aromatic carbocycles. The molecule has 16 N–H and O–H groups in total. The summed E-state index contributed by atoms with van der Waals surface area (Å²) in [5.74, 6) is -12.8. The molecule has 0 spiro atoms. The average Bonchev–Trinajstić information content (AvgIpc) is 3.86. The molecule has 1 aliphatic rings. The number of primary amides is 2. The van der Waals surface area contributed by atoms with Gasteiger partial charge >= 0.3 is 11.9 Å². The molecule has 1 saturated heterocycles. The van der Waals surface area contributed by atoms with Crippen LogP contribution in [0.25, 0.3) is 0 Å². The minimum Gasteiger partial charge on any atom is -0.481 e. The van der Waals surface area contributed by atoms with E-state index in [-0.39, 0.29) is 38.6 Å². The van der Waals surface area contributed by atoms with Crippen molar-refractivity contribution in [3.63, 3.8) is 0 Å². The van der Waals surface area contributed by atoms with Crippen molar-refractivity contribution < 1.29 is 72.5 Å². The second-order valence-electron chi connectivity index (χ2n) is 19.4. The van der Waals surface area contributed by atoms with Gasteiger partial charge in [-0.3, -0.25) is 57.5 Å². The van der Waals surface area contributed by atoms with Crippen LogP contribution in [-0.4, -0.2) is 171 Å². The fraction of sp³-hybridized carbons (Fsp3) is 0.612. The number of carboxylic acid groups (broad SMARTS) is 2. The molecule has 1 heterocycles. The van der Waals surface area contributed by atoms with Crippen molar-refractivity contribution in [2.75, 3.05) is 18.6 Å². The maximum absolute atomic E-state index is 14.3. The Balaban J connectivity index is 2.25. The van der Waals surface area contributed by atoms with Crippen molar-refractivity contribution in [3.05, 3.63) is 35.9 Å². The number of carboxylic acids is 2. The summed E-state index contributed by atoms with van der Waals surface area (Å²) < 4.78 is 0. The number of aliphatic carboxylic acids is 2. The number of hydrogen-bond acceptors (Lipinski definition) is 15. The largest absolute Gasteiger partial charge is 0.481 e. The minimum atomic E-state index is -1.67. The molecular weight excluding hydrogens is 1030 g/mol. The third kappa shape index (κ3) is 22.4. The summed E-state index contributed by atoms with van der Waals surface area (Å²) in [7, 11) is 0. The third-order valence-electron chi connectivity index (χ3n) is 12.3. The number of rotatable bonds is 33. The molecule has 0 saturated carbocycles. The number of nitrogens with zero attached hydrogens (tertiary/aromatic N) is 1. The molecule has 28 heteroatoms. The van der Waals surface area contributed by atoms with Gasteiger partial charge in [-0.2, -0.15) is 11.8 Å². The van der Waals surface area contributed by atoms with Gasteiger partial charge < -0.3 is 74.8 Å². The molecule has 428 valence electrons. The average molecular weight is 1110 g/mol. The van der Waals surface area contributed by atoms with Crippen LogP contribution in [0.4, 0.5) is 0 Å². The Morgan fingerprint density at radius 2 is 1.12 bits per heavy atom. The van der Waals surface area contributed by atoms with Crippen molar-refractivity contribution in [1.29, 1.82) is 0 Å². The number of hydrogen-bond donors (Lipinski definition) is 13. The van der Waals surface area contributed by atoms with E-state index in [1.54, 1.807) is 50.4 Å². The molecular formula is C49H76N12O15S. The molecule has 0 bridgehead atoms. The molecule has 0 aliphatic carbocycles. The van der Waals surface area contributed by atoms with Crippen molar-refractivity contribution in [1.82, 2.24) is 47.4 Å². The lowest BCUT2D eigenvalue weighted by Gasteiger charge is -2.31. The number of nitrogens with two attached hydrogens (primary N) is 3. The van der Waals surface area contributed by atoms with Crippen LogP contribution in [0.5, 0.6) is 0 Å². The first-order valence-corrected chi connectivity index (χ1v) is 26.5. The number of carbonyl (C=O) groups is 13. The van der Waals surface area contributed by atoms with Gasteiger partial charge in [-0.05, 0) is 75.4 Å². The van der Waals surface area contributed by atoms with Crippen molar-refractivity contribution in [3.8, 4) is 0 Å². The Morgan fingerprint density at radius 3 is 1.64 bits per heavy atom. The topological polar surface area (TPSA) is 440 Å². The fourth-order valence-electron chi connectivity index (χ4n) is 7.88. The molecule has 77 heavy (non-hydrogen) atoms. The molecule has 0 radical (unpaired) electrons. The minimum absolute atomic E-state index is 0.0342. The zero-order chi connectivity index (χ0) is 58.3. The van der Waals surface area contributed by atoms with Gasteiger partial charge in [0.05, 0.1) is 12.5 Å². The number of amides is 11. The molecule has 2 rings (SSSR count). The maximum Gasteiger partial charge on any atom is 0.326 e. The van der Waals surface area contributed by atoms with E-state index in [2.05, 4.69) is 42.5 Å². The summed E-state index contributed by atoms with van der Waals surface area (Å²) in [4.78, 5) is 170.